The van der Waals surface area contributed by atoms with E-state index in [1.165, 1.54) is 11.1 Å². The van der Waals surface area contributed by atoms with Crippen molar-refractivity contribution in [3.8, 4) is 0 Å². The highest BCUT2D eigenvalue weighted by Gasteiger charge is 2.17. The van der Waals surface area contributed by atoms with Crippen molar-refractivity contribution in [2.45, 2.75) is 6.42 Å². The molecule has 3 heterocycles. The van der Waals surface area contributed by atoms with Crippen molar-refractivity contribution in [3.63, 3.8) is 0 Å². The predicted molar refractivity (Wildman–Crippen MR) is 144 cm³/mol. The minimum Gasteiger partial charge on any atom is -0.378 e. The average Bonchev–Trinajstić information content (AvgIpc) is 2.92. The third kappa shape index (κ3) is 6.78. The Morgan fingerprint density at radius 3 is 2.54 bits per heavy atom. The highest BCUT2D eigenvalue weighted by atomic mass is 35.5. The predicted octanol–water partition coefficient (Wildman–Crippen LogP) is 5.28. The van der Waals surface area contributed by atoms with E-state index in [9.17, 15) is 4.39 Å². The molecule has 188 valence electrons. The van der Waals surface area contributed by atoms with Crippen LogP contribution in [0.5, 0.6) is 0 Å². The van der Waals surface area contributed by atoms with E-state index in [0.717, 1.165) is 29.0 Å². The van der Waals surface area contributed by atoms with Gasteiger partial charge in [0.05, 0.1) is 43.2 Å². The monoisotopic (exact) mass is 517 g/mol. The second-order valence-corrected chi connectivity index (χ2v) is 8.87. The molecule has 1 fully saturated rings. The Kier molecular flexibility index (Phi) is 7.83. The van der Waals surface area contributed by atoms with Gasteiger partial charge in [-0.1, -0.05) is 35.9 Å². The molecule has 8 nitrogen and oxygen atoms in total. The molecule has 10 heteroatoms. The lowest BCUT2D eigenvalue weighted by molar-refractivity contribution is 0.122. The van der Waals surface area contributed by atoms with Gasteiger partial charge in [0, 0.05) is 23.8 Å². The van der Waals surface area contributed by atoms with Gasteiger partial charge in [0.25, 0.3) is 0 Å². The first kappa shape index (κ1) is 24.6. The molecule has 0 unspecified atom stereocenters. The summed E-state index contributed by atoms with van der Waals surface area (Å²) in [6.45, 7) is 2.23. The maximum atomic E-state index is 14.2. The van der Waals surface area contributed by atoms with E-state index in [2.05, 4.69) is 49.0 Å². The zero-order valence-corrected chi connectivity index (χ0v) is 20.7. The SMILES string of the molecule is Fc1cnc(N/N=C/c2ccc(Nc3ccc(Cc4cccc(Cl)c4)cc3)cn2)nc1N1CCOCC1. The van der Waals surface area contributed by atoms with Gasteiger partial charge in [-0.3, -0.25) is 4.98 Å². The van der Waals surface area contributed by atoms with E-state index >= 15 is 0 Å². The molecular formula is C27H25ClFN7O. The number of rotatable bonds is 8. The third-order valence-corrected chi connectivity index (χ3v) is 5.96. The van der Waals surface area contributed by atoms with Gasteiger partial charge in [0.2, 0.25) is 5.95 Å². The summed E-state index contributed by atoms with van der Waals surface area (Å²) in [5.74, 6) is -0.0322. The highest BCUT2D eigenvalue weighted by Crippen LogP contribution is 2.20. The molecule has 4 aromatic rings. The van der Waals surface area contributed by atoms with E-state index in [4.69, 9.17) is 16.3 Å². The van der Waals surface area contributed by atoms with Gasteiger partial charge >= 0.3 is 0 Å². The number of hydrogen-bond donors (Lipinski definition) is 2. The van der Waals surface area contributed by atoms with Gasteiger partial charge in [-0.25, -0.2) is 14.8 Å². The van der Waals surface area contributed by atoms with Crippen molar-refractivity contribution in [1.82, 2.24) is 15.0 Å². The Hall–Kier alpha value is -4.08. The lowest BCUT2D eigenvalue weighted by Crippen LogP contribution is -2.37. The lowest BCUT2D eigenvalue weighted by Gasteiger charge is -2.27. The van der Waals surface area contributed by atoms with Gasteiger partial charge in [-0.15, -0.1) is 0 Å². The van der Waals surface area contributed by atoms with Crippen LogP contribution >= 0.6 is 11.6 Å². The summed E-state index contributed by atoms with van der Waals surface area (Å²) in [7, 11) is 0. The molecule has 2 aromatic carbocycles. The zero-order chi connectivity index (χ0) is 25.5. The van der Waals surface area contributed by atoms with E-state index < -0.39 is 5.82 Å². The number of nitrogens with one attached hydrogen (secondary N) is 2. The molecule has 0 amide bonds. The summed E-state index contributed by atoms with van der Waals surface area (Å²) < 4.78 is 19.5. The Balaban J connectivity index is 1.15. The first-order valence-corrected chi connectivity index (χ1v) is 12.2. The maximum Gasteiger partial charge on any atom is 0.245 e. The van der Waals surface area contributed by atoms with Crippen LogP contribution in [0.4, 0.5) is 27.5 Å². The van der Waals surface area contributed by atoms with Crippen molar-refractivity contribution in [2.24, 2.45) is 5.10 Å². The Bertz CT molecular complexity index is 1360. The van der Waals surface area contributed by atoms with Crippen LogP contribution in [0.1, 0.15) is 16.8 Å². The molecule has 0 spiro atoms. The van der Waals surface area contributed by atoms with Gasteiger partial charge in [-0.2, -0.15) is 10.1 Å². The minimum atomic E-state index is -0.475. The number of nitrogens with zero attached hydrogens (tertiary/aromatic N) is 5. The van der Waals surface area contributed by atoms with Crippen LogP contribution in [-0.4, -0.2) is 47.5 Å². The summed E-state index contributed by atoms with van der Waals surface area (Å²) in [4.78, 5) is 14.4. The normalized spacial score (nSPS) is 13.6. The zero-order valence-electron chi connectivity index (χ0n) is 19.9. The van der Waals surface area contributed by atoms with Crippen molar-refractivity contribution >= 4 is 41.0 Å². The van der Waals surface area contributed by atoms with Gasteiger partial charge in [-0.05, 0) is 53.9 Å². The smallest absolute Gasteiger partial charge is 0.245 e. The van der Waals surface area contributed by atoms with Crippen LogP contribution in [0, 0.1) is 5.82 Å². The number of aromatic nitrogens is 3. The second kappa shape index (κ2) is 11.8. The number of anilines is 4. The fourth-order valence-electron chi connectivity index (χ4n) is 3.88. The highest BCUT2D eigenvalue weighted by molar-refractivity contribution is 6.30. The third-order valence-electron chi connectivity index (χ3n) is 5.72. The molecule has 2 aromatic heterocycles. The summed E-state index contributed by atoms with van der Waals surface area (Å²) in [5, 5.41) is 8.22. The Morgan fingerprint density at radius 1 is 0.973 bits per heavy atom. The van der Waals surface area contributed by atoms with Crippen LogP contribution < -0.4 is 15.6 Å². The summed E-state index contributed by atoms with van der Waals surface area (Å²) in [5.41, 5.74) is 7.57. The second-order valence-electron chi connectivity index (χ2n) is 8.43. The fraction of sp³-hybridized carbons (Fsp3) is 0.185. The number of pyridine rings is 1. The summed E-state index contributed by atoms with van der Waals surface area (Å²) >= 11 is 6.08. The molecule has 2 N–H and O–H groups in total. The molecule has 37 heavy (non-hydrogen) atoms. The summed E-state index contributed by atoms with van der Waals surface area (Å²) in [6.07, 6.45) is 5.24. The molecule has 1 aliphatic rings. The van der Waals surface area contributed by atoms with Crippen LogP contribution in [0.2, 0.25) is 5.02 Å². The molecule has 5 rings (SSSR count). The molecular weight excluding hydrogens is 493 g/mol. The molecule has 0 aliphatic carbocycles. The van der Waals surface area contributed by atoms with E-state index in [0.29, 0.717) is 32.0 Å². The molecule has 1 saturated heterocycles. The van der Waals surface area contributed by atoms with Crippen molar-refractivity contribution in [3.05, 3.63) is 101 Å². The standard InChI is InChI=1S/C27H25ClFN7O/c28-21-3-1-2-20(15-21)14-19-4-6-22(7-5-19)33-24-9-8-23(30-16-24)17-32-35-27-31-18-25(29)26(34-27)36-10-12-37-13-11-36/h1-9,15-18,33H,10-14H2,(H,31,34,35)/b32-17+. The quantitative estimate of drug-likeness (QED) is 0.243. The largest absolute Gasteiger partial charge is 0.378 e. The molecule has 1 aliphatic heterocycles. The van der Waals surface area contributed by atoms with Crippen LogP contribution in [0.25, 0.3) is 0 Å². The van der Waals surface area contributed by atoms with Gasteiger partial charge < -0.3 is 15.0 Å². The number of hydrazone groups is 1. The molecule has 0 saturated carbocycles. The van der Waals surface area contributed by atoms with Crippen LogP contribution in [0.3, 0.4) is 0 Å². The number of hydrogen-bond acceptors (Lipinski definition) is 8. The molecule has 0 atom stereocenters. The fourth-order valence-corrected chi connectivity index (χ4v) is 4.09. The summed E-state index contributed by atoms with van der Waals surface area (Å²) in [6, 6.07) is 19.9. The van der Waals surface area contributed by atoms with E-state index in [1.54, 1.807) is 12.4 Å². The van der Waals surface area contributed by atoms with Gasteiger partial charge in [0.15, 0.2) is 11.6 Å². The first-order valence-electron chi connectivity index (χ1n) is 11.8. The lowest BCUT2D eigenvalue weighted by atomic mass is 10.0. The van der Waals surface area contributed by atoms with Crippen molar-refractivity contribution in [2.75, 3.05) is 41.9 Å². The van der Waals surface area contributed by atoms with E-state index in [1.807, 2.05) is 47.4 Å². The van der Waals surface area contributed by atoms with Gasteiger partial charge in [0.1, 0.15) is 0 Å². The first-order chi connectivity index (χ1) is 18.1. The van der Waals surface area contributed by atoms with Crippen LogP contribution in [0.15, 0.2) is 78.2 Å². The van der Waals surface area contributed by atoms with Crippen LogP contribution in [-0.2, 0) is 11.2 Å². The molecule has 0 bridgehead atoms. The number of morpholine rings is 1. The molecule has 0 radical (unpaired) electrons. The number of ether oxygens (including phenoxy) is 1. The van der Waals surface area contributed by atoms with E-state index in [-0.39, 0.29) is 11.8 Å². The Morgan fingerprint density at radius 2 is 1.78 bits per heavy atom. The maximum absolute atomic E-state index is 14.2. The van der Waals surface area contributed by atoms with Crippen molar-refractivity contribution < 1.29 is 9.13 Å². The number of halogens is 2. The average molecular weight is 518 g/mol. The van der Waals surface area contributed by atoms with Crippen molar-refractivity contribution in [1.29, 1.82) is 0 Å². The minimum absolute atomic E-state index is 0.205. The number of benzene rings is 2. The topological polar surface area (TPSA) is 87.6 Å². The Labute approximate surface area is 219 Å².